The van der Waals surface area contributed by atoms with E-state index >= 15 is 0 Å². The average molecular weight is 428 g/mol. The van der Waals surface area contributed by atoms with Gasteiger partial charge < -0.3 is 4.74 Å². The first kappa shape index (κ1) is 20.6. The van der Waals surface area contributed by atoms with Crippen LogP contribution in [0.5, 0.6) is 0 Å². The number of methoxy groups -OCH3 is 1. The average Bonchev–Trinajstić information content (AvgIpc) is 3.06. The van der Waals surface area contributed by atoms with Gasteiger partial charge in [-0.1, -0.05) is 35.3 Å². The first-order valence-corrected chi connectivity index (χ1v) is 9.13. The Morgan fingerprint density at radius 1 is 1.25 bits per heavy atom. The standard InChI is InChI=1S/C17H11Cl2F2N3O.C2H6O/c18-13-5-9(8-25)1-2-11(13)12-3-4-24-14(6-10-7-17(10,20)21)22-23-16(24)15(12)19;1-3-2/h1-5,8,10H,6-7H2;1-2H3. The highest BCUT2D eigenvalue weighted by Crippen LogP contribution is 2.50. The molecule has 1 fully saturated rings. The van der Waals surface area contributed by atoms with E-state index in [1.54, 1.807) is 49.1 Å². The lowest BCUT2D eigenvalue weighted by atomic mass is 10.0. The molecule has 1 aliphatic carbocycles. The summed E-state index contributed by atoms with van der Waals surface area (Å²) in [5.41, 5.74) is 2.13. The largest absolute Gasteiger partial charge is 0.388 e. The summed E-state index contributed by atoms with van der Waals surface area (Å²) in [4.78, 5) is 10.8. The van der Waals surface area contributed by atoms with E-state index in [-0.39, 0.29) is 12.8 Å². The maximum atomic E-state index is 13.1. The van der Waals surface area contributed by atoms with Gasteiger partial charge in [0.2, 0.25) is 0 Å². The second-order valence-corrected chi connectivity index (χ2v) is 7.27. The molecule has 1 unspecified atom stereocenters. The quantitative estimate of drug-likeness (QED) is 0.551. The molecule has 1 aromatic carbocycles. The van der Waals surface area contributed by atoms with Crippen LogP contribution in [0.15, 0.2) is 30.5 Å². The van der Waals surface area contributed by atoms with Crippen molar-refractivity contribution in [2.75, 3.05) is 14.2 Å². The molecule has 0 spiro atoms. The molecule has 1 saturated carbocycles. The zero-order valence-corrected chi connectivity index (χ0v) is 16.6. The number of hydrogen-bond acceptors (Lipinski definition) is 4. The third-order valence-electron chi connectivity index (χ3n) is 4.39. The zero-order chi connectivity index (χ0) is 20.5. The highest BCUT2D eigenvalue weighted by molar-refractivity contribution is 6.38. The zero-order valence-electron chi connectivity index (χ0n) is 15.1. The minimum atomic E-state index is -2.61. The summed E-state index contributed by atoms with van der Waals surface area (Å²) in [6.45, 7) is 0. The minimum Gasteiger partial charge on any atom is -0.388 e. The predicted octanol–water partition coefficient (Wildman–Crippen LogP) is 4.98. The molecule has 0 amide bonds. The Bertz CT molecular complexity index is 1020. The van der Waals surface area contributed by atoms with Crippen molar-refractivity contribution in [2.45, 2.75) is 18.8 Å². The summed E-state index contributed by atoms with van der Waals surface area (Å²) >= 11 is 12.7. The maximum Gasteiger partial charge on any atom is 0.252 e. The van der Waals surface area contributed by atoms with Crippen LogP contribution < -0.4 is 0 Å². The molecule has 2 heterocycles. The number of aldehydes is 1. The number of benzene rings is 1. The lowest BCUT2D eigenvalue weighted by molar-refractivity contribution is 0.0984. The molecule has 9 heteroatoms. The van der Waals surface area contributed by atoms with E-state index in [2.05, 4.69) is 14.9 Å². The fourth-order valence-corrected chi connectivity index (χ4v) is 3.44. The van der Waals surface area contributed by atoms with E-state index in [1.807, 2.05) is 0 Å². The highest BCUT2D eigenvalue weighted by atomic mass is 35.5. The van der Waals surface area contributed by atoms with Gasteiger partial charge in [0.25, 0.3) is 5.92 Å². The topological polar surface area (TPSA) is 56.5 Å². The molecule has 28 heavy (non-hydrogen) atoms. The molecule has 0 N–H and O–H groups in total. The van der Waals surface area contributed by atoms with Crippen LogP contribution >= 0.6 is 23.2 Å². The van der Waals surface area contributed by atoms with Gasteiger partial charge in [0, 0.05) is 60.9 Å². The molecule has 148 valence electrons. The molecule has 3 aromatic rings. The first-order valence-electron chi connectivity index (χ1n) is 8.37. The monoisotopic (exact) mass is 427 g/mol. The maximum absolute atomic E-state index is 13.1. The van der Waals surface area contributed by atoms with Gasteiger partial charge in [0.05, 0.1) is 5.02 Å². The normalized spacial score (nSPS) is 17.1. The number of fused-ring (bicyclic) bond motifs is 1. The van der Waals surface area contributed by atoms with Gasteiger partial charge in [-0.2, -0.15) is 0 Å². The number of carbonyl (C=O) groups excluding carboxylic acids is 1. The van der Waals surface area contributed by atoms with Gasteiger partial charge in [0.1, 0.15) is 12.1 Å². The van der Waals surface area contributed by atoms with Crippen molar-refractivity contribution < 1.29 is 18.3 Å². The Morgan fingerprint density at radius 2 is 1.93 bits per heavy atom. The first-order chi connectivity index (χ1) is 13.3. The SMILES string of the molecule is COC.O=Cc1ccc(-c2ccn3c(CC4CC4(F)F)nnc3c2Cl)c(Cl)c1. The second-order valence-electron chi connectivity index (χ2n) is 6.48. The van der Waals surface area contributed by atoms with Crippen molar-refractivity contribution in [2.24, 2.45) is 5.92 Å². The van der Waals surface area contributed by atoms with Crippen LogP contribution in [0.3, 0.4) is 0 Å². The number of ether oxygens (including phenoxy) is 1. The lowest BCUT2D eigenvalue weighted by Gasteiger charge is -2.09. The van der Waals surface area contributed by atoms with Gasteiger partial charge in [0.15, 0.2) is 5.65 Å². The molecule has 0 aliphatic heterocycles. The van der Waals surface area contributed by atoms with Crippen molar-refractivity contribution in [3.63, 3.8) is 0 Å². The van der Waals surface area contributed by atoms with E-state index in [9.17, 15) is 13.6 Å². The fourth-order valence-electron chi connectivity index (χ4n) is 2.85. The third kappa shape index (κ3) is 4.01. The van der Waals surface area contributed by atoms with Crippen molar-refractivity contribution in [3.8, 4) is 11.1 Å². The number of pyridine rings is 1. The molecule has 1 atom stereocenters. The number of alkyl halides is 2. The molecule has 1 aliphatic rings. The molecule has 2 aromatic heterocycles. The number of nitrogens with zero attached hydrogens (tertiary/aromatic N) is 3. The lowest BCUT2D eigenvalue weighted by Crippen LogP contribution is -2.02. The highest BCUT2D eigenvalue weighted by Gasteiger charge is 2.56. The predicted molar refractivity (Wildman–Crippen MR) is 104 cm³/mol. The number of hydrogen-bond donors (Lipinski definition) is 0. The Labute approximate surface area is 170 Å². The third-order valence-corrected chi connectivity index (χ3v) is 5.08. The van der Waals surface area contributed by atoms with Crippen LogP contribution in [0.1, 0.15) is 22.6 Å². The Morgan fingerprint density at radius 3 is 2.50 bits per heavy atom. The van der Waals surface area contributed by atoms with Crippen molar-refractivity contribution in [1.29, 1.82) is 0 Å². The fraction of sp³-hybridized carbons (Fsp3) is 0.316. The Hall–Kier alpha value is -2.09. The van der Waals surface area contributed by atoms with Gasteiger partial charge in [-0.15, -0.1) is 10.2 Å². The summed E-state index contributed by atoms with van der Waals surface area (Å²) in [5, 5.41) is 8.74. The van der Waals surface area contributed by atoms with Crippen LogP contribution in [0.25, 0.3) is 16.8 Å². The summed E-state index contributed by atoms with van der Waals surface area (Å²) in [6, 6.07) is 6.62. The second kappa shape index (κ2) is 8.11. The van der Waals surface area contributed by atoms with Crippen molar-refractivity contribution >= 4 is 35.1 Å². The molecular formula is C19H17Cl2F2N3O2. The summed E-state index contributed by atoms with van der Waals surface area (Å²) in [7, 11) is 3.25. The van der Waals surface area contributed by atoms with Crippen molar-refractivity contribution in [3.05, 3.63) is 51.9 Å². The summed E-state index contributed by atoms with van der Waals surface area (Å²) in [5.74, 6) is -2.85. The molecular weight excluding hydrogens is 411 g/mol. The van der Waals surface area contributed by atoms with Crippen LogP contribution in [-0.4, -0.2) is 41.0 Å². The molecule has 0 saturated heterocycles. The van der Waals surface area contributed by atoms with Crippen LogP contribution in [0.2, 0.25) is 10.0 Å². The molecule has 5 nitrogen and oxygen atoms in total. The van der Waals surface area contributed by atoms with E-state index in [4.69, 9.17) is 23.2 Å². The van der Waals surface area contributed by atoms with E-state index in [1.165, 1.54) is 0 Å². The van der Waals surface area contributed by atoms with E-state index in [0.29, 0.717) is 44.5 Å². The minimum absolute atomic E-state index is 0.119. The van der Waals surface area contributed by atoms with Gasteiger partial charge >= 0.3 is 0 Å². The van der Waals surface area contributed by atoms with Gasteiger partial charge in [-0.3, -0.25) is 9.20 Å². The number of halogens is 4. The Kier molecular flexibility index (Phi) is 5.98. The summed E-state index contributed by atoms with van der Waals surface area (Å²) in [6.07, 6.45) is 2.43. The molecule has 0 bridgehead atoms. The van der Waals surface area contributed by atoms with Gasteiger partial charge in [-0.25, -0.2) is 8.78 Å². The number of aromatic nitrogens is 3. The Balaban J connectivity index is 0.000000706. The number of rotatable bonds is 4. The number of carbonyl (C=O) groups is 1. The van der Waals surface area contributed by atoms with E-state index in [0.717, 1.165) is 0 Å². The van der Waals surface area contributed by atoms with Gasteiger partial charge in [-0.05, 0) is 12.1 Å². The van der Waals surface area contributed by atoms with Crippen LogP contribution in [0, 0.1) is 5.92 Å². The van der Waals surface area contributed by atoms with Crippen LogP contribution in [-0.2, 0) is 11.2 Å². The van der Waals surface area contributed by atoms with E-state index < -0.39 is 11.8 Å². The smallest absolute Gasteiger partial charge is 0.252 e. The molecule has 0 radical (unpaired) electrons. The van der Waals surface area contributed by atoms with Crippen LogP contribution in [0.4, 0.5) is 8.78 Å². The summed E-state index contributed by atoms with van der Waals surface area (Å²) < 4.78 is 32.1. The van der Waals surface area contributed by atoms with Crippen molar-refractivity contribution in [1.82, 2.24) is 14.6 Å². The molecule has 4 rings (SSSR count).